The number of nitrogens with zero attached hydrogens (tertiary/aromatic N) is 1. The molecular weight excluding hydrogens is 401 g/mol. The molecule has 30 heavy (non-hydrogen) atoms. The summed E-state index contributed by atoms with van der Waals surface area (Å²) in [7, 11) is 0. The van der Waals surface area contributed by atoms with Gasteiger partial charge in [-0.05, 0) is 24.1 Å². The van der Waals surface area contributed by atoms with E-state index in [0.29, 0.717) is 12.2 Å². The minimum Gasteiger partial charge on any atom is -0.386 e. The SMILES string of the molecule is CCNC(=O)NCc1ccc(-c2ccc([C@H](O)[C@@H](CF)NC(=O)C(F)F)cc2)cn1. The summed E-state index contributed by atoms with van der Waals surface area (Å²) in [6, 6.07) is 8.15. The Balaban J connectivity index is 2.02. The first-order chi connectivity index (χ1) is 14.3. The molecule has 3 amide bonds. The molecule has 1 heterocycles. The largest absolute Gasteiger partial charge is 0.386 e. The molecule has 4 N–H and O–H groups in total. The molecule has 0 fully saturated rings. The van der Waals surface area contributed by atoms with Gasteiger partial charge in [-0.15, -0.1) is 0 Å². The van der Waals surface area contributed by atoms with Crippen LogP contribution in [-0.4, -0.2) is 47.7 Å². The zero-order chi connectivity index (χ0) is 22.1. The maximum absolute atomic E-state index is 13.1. The molecule has 2 aromatic rings. The Morgan fingerprint density at radius 2 is 1.73 bits per heavy atom. The molecule has 2 rings (SSSR count). The number of carbonyl (C=O) groups is 2. The quantitative estimate of drug-likeness (QED) is 0.496. The van der Waals surface area contributed by atoms with Gasteiger partial charge in [0.25, 0.3) is 5.91 Å². The number of hydrogen-bond acceptors (Lipinski definition) is 4. The molecule has 1 aromatic heterocycles. The fraction of sp³-hybridized carbons (Fsp3) is 0.350. The molecular formula is C20H23F3N4O3. The molecule has 0 saturated carbocycles. The van der Waals surface area contributed by atoms with Gasteiger partial charge in [0.05, 0.1) is 18.3 Å². The Labute approximate surface area is 171 Å². The van der Waals surface area contributed by atoms with E-state index in [4.69, 9.17) is 0 Å². The zero-order valence-corrected chi connectivity index (χ0v) is 16.2. The first kappa shape index (κ1) is 23.1. The second kappa shape index (κ2) is 11.1. The maximum atomic E-state index is 13.1. The topological polar surface area (TPSA) is 103 Å². The van der Waals surface area contributed by atoms with Crippen LogP contribution >= 0.6 is 0 Å². The Bertz CT molecular complexity index is 832. The van der Waals surface area contributed by atoms with Gasteiger partial charge in [-0.1, -0.05) is 30.3 Å². The monoisotopic (exact) mass is 424 g/mol. The smallest absolute Gasteiger partial charge is 0.315 e. The molecule has 0 bridgehead atoms. The highest BCUT2D eigenvalue weighted by molar-refractivity contribution is 5.79. The van der Waals surface area contributed by atoms with Gasteiger partial charge in [-0.25, -0.2) is 9.18 Å². The van der Waals surface area contributed by atoms with Crippen LogP contribution in [0.2, 0.25) is 0 Å². The normalized spacial score (nSPS) is 12.9. The Kier molecular flexibility index (Phi) is 8.60. The third-order valence-corrected chi connectivity index (χ3v) is 4.25. The van der Waals surface area contributed by atoms with Crippen LogP contribution in [0.25, 0.3) is 11.1 Å². The van der Waals surface area contributed by atoms with Gasteiger partial charge in [0, 0.05) is 18.3 Å². The molecule has 0 saturated heterocycles. The number of carbonyl (C=O) groups excluding carboxylic acids is 2. The number of halogens is 3. The molecule has 0 unspecified atom stereocenters. The predicted octanol–water partition coefficient (Wildman–Crippen LogP) is 2.32. The van der Waals surface area contributed by atoms with E-state index in [9.17, 15) is 27.9 Å². The number of amides is 3. The van der Waals surface area contributed by atoms with Crippen molar-refractivity contribution >= 4 is 11.9 Å². The number of nitrogens with one attached hydrogen (secondary N) is 3. The van der Waals surface area contributed by atoms with Crippen LogP contribution in [0.3, 0.4) is 0 Å². The van der Waals surface area contributed by atoms with Gasteiger partial charge in [0.2, 0.25) is 0 Å². The van der Waals surface area contributed by atoms with E-state index in [0.717, 1.165) is 11.1 Å². The Morgan fingerprint density at radius 1 is 1.07 bits per heavy atom. The number of pyridine rings is 1. The number of hydrogen-bond donors (Lipinski definition) is 4. The van der Waals surface area contributed by atoms with E-state index >= 15 is 0 Å². The highest BCUT2D eigenvalue weighted by atomic mass is 19.3. The van der Waals surface area contributed by atoms with E-state index < -0.39 is 31.2 Å². The van der Waals surface area contributed by atoms with E-state index in [1.54, 1.807) is 35.8 Å². The number of urea groups is 1. The second-order valence-electron chi connectivity index (χ2n) is 6.39. The maximum Gasteiger partial charge on any atom is 0.315 e. The van der Waals surface area contributed by atoms with Crippen molar-refractivity contribution in [1.82, 2.24) is 20.9 Å². The highest BCUT2D eigenvalue weighted by Crippen LogP contribution is 2.23. The van der Waals surface area contributed by atoms with Crippen molar-refractivity contribution in [2.45, 2.75) is 32.0 Å². The summed E-state index contributed by atoms with van der Waals surface area (Å²) in [5.74, 6) is -1.64. The second-order valence-corrected chi connectivity index (χ2v) is 6.39. The van der Waals surface area contributed by atoms with Crippen molar-refractivity contribution in [3.63, 3.8) is 0 Å². The molecule has 10 heteroatoms. The third kappa shape index (κ3) is 6.45. The molecule has 0 aliphatic rings. The predicted molar refractivity (Wildman–Crippen MR) is 104 cm³/mol. The number of alkyl halides is 3. The van der Waals surface area contributed by atoms with Crippen molar-refractivity contribution < 1.29 is 27.9 Å². The first-order valence-corrected chi connectivity index (χ1v) is 9.25. The fourth-order valence-electron chi connectivity index (χ4n) is 2.65. The van der Waals surface area contributed by atoms with E-state index in [2.05, 4.69) is 15.6 Å². The lowest BCUT2D eigenvalue weighted by Gasteiger charge is -2.22. The van der Waals surface area contributed by atoms with Crippen molar-refractivity contribution in [1.29, 1.82) is 0 Å². The number of aliphatic hydroxyl groups is 1. The lowest BCUT2D eigenvalue weighted by molar-refractivity contribution is -0.133. The lowest BCUT2D eigenvalue weighted by Crippen LogP contribution is -2.43. The number of aromatic nitrogens is 1. The van der Waals surface area contributed by atoms with Gasteiger partial charge < -0.3 is 21.1 Å². The van der Waals surface area contributed by atoms with Crippen LogP contribution in [0, 0.1) is 0 Å². The van der Waals surface area contributed by atoms with E-state index in [1.807, 2.05) is 6.92 Å². The molecule has 0 aliphatic heterocycles. The molecule has 0 aliphatic carbocycles. The summed E-state index contributed by atoms with van der Waals surface area (Å²) in [5.41, 5.74) is 2.46. The Morgan fingerprint density at radius 3 is 2.27 bits per heavy atom. The average molecular weight is 424 g/mol. The van der Waals surface area contributed by atoms with Crippen molar-refractivity contribution in [2.75, 3.05) is 13.2 Å². The van der Waals surface area contributed by atoms with Gasteiger partial charge >= 0.3 is 12.5 Å². The van der Waals surface area contributed by atoms with Crippen LogP contribution in [0.15, 0.2) is 42.6 Å². The van der Waals surface area contributed by atoms with E-state index in [1.165, 1.54) is 12.1 Å². The summed E-state index contributed by atoms with van der Waals surface area (Å²) in [4.78, 5) is 26.7. The molecule has 162 valence electrons. The van der Waals surface area contributed by atoms with Gasteiger partial charge in [0.15, 0.2) is 0 Å². The molecule has 1 aromatic carbocycles. The zero-order valence-electron chi connectivity index (χ0n) is 16.2. The molecule has 0 spiro atoms. The summed E-state index contributed by atoms with van der Waals surface area (Å²) in [6.07, 6.45) is -3.15. The highest BCUT2D eigenvalue weighted by Gasteiger charge is 2.26. The van der Waals surface area contributed by atoms with Gasteiger partial charge in [-0.2, -0.15) is 8.78 Å². The van der Waals surface area contributed by atoms with E-state index in [-0.39, 0.29) is 18.1 Å². The van der Waals surface area contributed by atoms with Crippen LogP contribution in [0.5, 0.6) is 0 Å². The molecule has 7 nitrogen and oxygen atoms in total. The number of rotatable bonds is 9. The standard InChI is InChI=1S/C20H23F3N4O3/c1-2-24-20(30)26-11-15-8-7-14(10-25-15)12-3-5-13(6-4-12)17(28)16(9-21)27-19(29)18(22)23/h3-8,10,16-18,28H,2,9,11H2,1H3,(H,27,29)(H2,24,26,30)/t16-,17+/m1/s1. The molecule has 0 radical (unpaired) electrons. The van der Waals surface area contributed by atoms with Crippen molar-refractivity contribution in [2.24, 2.45) is 0 Å². The lowest BCUT2D eigenvalue weighted by atomic mass is 9.99. The molecule has 2 atom stereocenters. The summed E-state index contributed by atoms with van der Waals surface area (Å²) in [6.45, 7) is 1.41. The fourth-order valence-corrected chi connectivity index (χ4v) is 2.65. The first-order valence-electron chi connectivity index (χ1n) is 9.25. The number of aliphatic hydroxyl groups excluding tert-OH is 1. The van der Waals surface area contributed by atoms with Crippen molar-refractivity contribution in [3.05, 3.63) is 53.9 Å². The minimum atomic E-state index is -3.29. The average Bonchev–Trinajstić information content (AvgIpc) is 2.76. The third-order valence-electron chi connectivity index (χ3n) is 4.25. The number of benzene rings is 1. The summed E-state index contributed by atoms with van der Waals surface area (Å²) >= 11 is 0. The van der Waals surface area contributed by atoms with Crippen LogP contribution in [0.1, 0.15) is 24.3 Å². The van der Waals surface area contributed by atoms with Crippen LogP contribution < -0.4 is 16.0 Å². The minimum absolute atomic E-state index is 0.270. The Hall–Kier alpha value is -3.14. The van der Waals surface area contributed by atoms with Gasteiger partial charge in [-0.3, -0.25) is 9.78 Å². The summed E-state index contributed by atoms with van der Waals surface area (Å²) in [5, 5.41) is 17.3. The van der Waals surface area contributed by atoms with Crippen molar-refractivity contribution in [3.8, 4) is 11.1 Å². The van der Waals surface area contributed by atoms with Crippen LogP contribution in [0.4, 0.5) is 18.0 Å². The summed E-state index contributed by atoms with van der Waals surface area (Å²) < 4.78 is 37.8. The van der Waals surface area contributed by atoms with Gasteiger partial charge in [0.1, 0.15) is 12.8 Å². The van der Waals surface area contributed by atoms with Crippen LogP contribution in [-0.2, 0) is 11.3 Å².